The molecule has 8 nitrogen and oxygen atoms in total. The summed E-state index contributed by atoms with van der Waals surface area (Å²) >= 11 is 0. The molecule has 2 aromatic rings. The third-order valence-corrected chi connectivity index (χ3v) is 5.17. The Hall–Kier alpha value is -2.94. The first-order valence-electron chi connectivity index (χ1n) is 8.54. The number of ether oxygens (including phenoxy) is 1. The number of anilines is 1. The summed E-state index contributed by atoms with van der Waals surface area (Å²) in [4.78, 5) is 22.2. The van der Waals surface area contributed by atoms with Gasteiger partial charge in [0.05, 0.1) is 9.82 Å². The van der Waals surface area contributed by atoms with E-state index in [0.717, 1.165) is 17.9 Å². The molecule has 1 N–H and O–H groups in total. The lowest BCUT2D eigenvalue weighted by Crippen LogP contribution is -2.17. The van der Waals surface area contributed by atoms with E-state index in [4.69, 9.17) is 4.74 Å². The van der Waals surface area contributed by atoms with Crippen molar-refractivity contribution in [2.24, 2.45) is 0 Å². The van der Waals surface area contributed by atoms with Gasteiger partial charge in [-0.15, -0.1) is 0 Å². The number of nitro benzene ring substituents is 1. The SMILES string of the molecule is CC(C)c1ccc(COC(=O)CNc2ccc(S(C)(=O)=O)cc2[N+](=O)[O-])cc1. The number of esters is 1. The number of carbonyl (C=O) groups is 1. The Kier molecular flexibility index (Phi) is 6.74. The Balaban J connectivity index is 1.97. The van der Waals surface area contributed by atoms with Crippen LogP contribution in [0.5, 0.6) is 0 Å². The number of benzene rings is 2. The highest BCUT2D eigenvalue weighted by atomic mass is 32.2. The monoisotopic (exact) mass is 406 g/mol. The first kappa shape index (κ1) is 21.4. The molecule has 2 rings (SSSR count). The molecule has 0 atom stereocenters. The third kappa shape index (κ3) is 5.78. The smallest absolute Gasteiger partial charge is 0.325 e. The summed E-state index contributed by atoms with van der Waals surface area (Å²) in [6, 6.07) is 11.2. The highest BCUT2D eigenvalue weighted by Crippen LogP contribution is 2.27. The second-order valence-electron chi connectivity index (χ2n) is 6.62. The fourth-order valence-electron chi connectivity index (χ4n) is 2.42. The Morgan fingerprint density at radius 3 is 2.36 bits per heavy atom. The van der Waals surface area contributed by atoms with Crippen LogP contribution in [-0.2, 0) is 26.0 Å². The van der Waals surface area contributed by atoms with Crippen LogP contribution < -0.4 is 5.32 Å². The van der Waals surface area contributed by atoms with Crippen molar-refractivity contribution < 1.29 is 22.9 Å². The van der Waals surface area contributed by atoms with Gasteiger partial charge < -0.3 is 10.1 Å². The van der Waals surface area contributed by atoms with Gasteiger partial charge in [-0.3, -0.25) is 14.9 Å². The summed E-state index contributed by atoms with van der Waals surface area (Å²) in [7, 11) is -3.58. The second-order valence-corrected chi connectivity index (χ2v) is 8.63. The highest BCUT2D eigenvalue weighted by Gasteiger charge is 2.19. The van der Waals surface area contributed by atoms with E-state index in [2.05, 4.69) is 19.2 Å². The van der Waals surface area contributed by atoms with Gasteiger partial charge in [0.2, 0.25) is 0 Å². The lowest BCUT2D eigenvalue weighted by atomic mass is 10.0. The van der Waals surface area contributed by atoms with Crippen LogP contribution in [0.2, 0.25) is 0 Å². The number of sulfone groups is 1. The van der Waals surface area contributed by atoms with Crippen molar-refractivity contribution in [1.82, 2.24) is 0 Å². The van der Waals surface area contributed by atoms with E-state index in [1.165, 1.54) is 17.7 Å². The van der Waals surface area contributed by atoms with E-state index in [1.807, 2.05) is 24.3 Å². The zero-order valence-corrected chi connectivity index (χ0v) is 16.7. The van der Waals surface area contributed by atoms with Gasteiger partial charge in [-0.25, -0.2) is 8.42 Å². The van der Waals surface area contributed by atoms with Crippen molar-refractivity contribution in [2.45, 2.75) is 31.3 Å². The quantitative estimate of drug-likeness (QED) is 0.406. The average Bonchev–Trinajstić information content (AvgIpc) is 2.64. The molecule has 0 fully saturated rings. The first-order chi connectivity index (χ1) is 13.1. The van der Waals surface area contributed by atoms with Crippen LogP contribution in [-0.4, -0.2) is 32.1 Å². The lowest BCUT2D eigenvalue weighted by Gasteiger charge is -2.10. The topological polar surface area (TPSA) is 116 Å². The van der Waals surface area contributed by atoms with E-state index in [1.54, 1.807) is 0 Å². The Morgan fingerprint density at radius 1 is 1.18 bits per heavy atom. The van der Waals surface area contributed by atoms with Gasteiger partial charge in [0, 0.05) is 12.3 Å². The molecule has 0 heterocycles. The molecule has 0 aromatic heterocycles. The van der Waals surface area contributed by atoms with Crippen LogP contribution in [0.4, 0.5) is 11.4 Å². The van der Waals surface area contributed by atoms with Crippen molar-refractivity contribution in [2.75, 3.05) is 18.1 Å². The van der Waals surface area contributed by atoms with Crippen LogP contribution in [0, 0.1) is 10.1 Å². The Labute approximate surface area is 163 Å². The minimum Gasteiger partial charge on any atom is -0.460 e. The summed E-state index contributed by atoms with van der Waals surface area (Å²) in [6.07, 6.45) is 0.963. The maximum atomic E-state index is 11.9. The lowest BCUT2D eigenvalue weighted by molar-refractivity contribution is -0.384. The number of nitro groups is 1. The molecule has 0 spiro atoms. The molecule has 0 bridgehead atoms. The van der Waals surface area contributed by atoms with Crippen molar-refractivity contribution >= 4 is 27.2 Å². The second kappa shape index (κ2) is 8.83. The molecule has 150 valence electrons. The predicted octanol–water partition coefficient (Wildman–Crippen LogP) is 3.28. The number of carbonyl (C=O) groups excluding carboxylic acids is 1. The normalized spacial score (nSPS) is 11.3. The molecule has 0 unspecified atom stereocenters. The minimum absolute atomic E-state index is 0.0376. The van der Waals surface area contributed by atoms with Crippen molar-refractivity contribution in [3.8, 4) is 0 Å². The van der Waals surface area contributed by atoms with Gasteiger partial charge in [-0.2, -0.15) is 0 Å². The fourth-order valence-corrected chi connectivity index (χ4v) is 3.06. The standard InChI is InChI=1S/C19H22N2O6S/c1-13(2)15-6-4-14(5-7-15)12-27-19(22)11-20-17-9-8-16(28(3,25)26)10-18(17)21(23)24/h4-10,13,20H,11-12H2,1-3H3. The fraction of sp³-hybridized carbons (Fsp3) is 0.316. The number of hydrogen-bond donors (Lipinski definition) is 1. The van der Waals surface area contributed by atoms with Gasteiger partial charge in [0.15, 0.2) is 9.84 Å². The molecular weight excluding hydrogens is 384 g/mol. The molecular formula is C19H22N2O6S. The summed E-state index contributed by atoms with van der Waals surface area (Å²) in [5.41, 5.74) is 1.62. The van der Waals surface area contributed by atoms with Crippen LogP contribution >= 0.6 is 0 Å². The molecule has 2 aromatic carbocycles. The van der Waals surface area contributed by atoms with Gasteiger partial charge in [0.1, 0.15) is 18.8 Å². The summed E-state index contributed by atoms with van der Waals surface area (Å²) in [5.74, 6) is -0.180. The maximum Gasteiger partial charge on any atom is 0.325 e. The van der Waals surface area contributed by atoms with Gasteiger partial charge >= 0.3 is 5.97 Å². The zero-order valence-electron chi connectivity index (χ0n) is 15.8. The molecule has 0 saturated heterocycles. The Morgan fingerprint density at radius 2 is 1.82 bits per heavy atom. The van der Waals surface area contributed by atoms with Crippen molar-refractivity contribution in [1.29, 1.82) is 0 Å². The summed E-state index contributed by atoms with van der Waals surface area (Å²) < 4.78 is 28.3. The largest absolute Gasteiger partial charge is 0.460 e. The average molecular weight is 406 g/mol. The van der Waals surface area contributed by atoms with E-state index in [0.29, 0.717) is 5.92 Å². The third-order valence-electron chi connectivity index (χ3n) is 4.06. The molecule has 0 amide bonds. The van der Waals surface area contributed by atoms with Gasteiger partial charge in [0.25, 0.3) is 5.69 Å². The van der Waals surface area contributed by atoms with Gasteiger partial charge in [-0.1, -0.05) is 38.1 Å². The molecule has 0 saturated carbocycles. The van der Waals surface area contributed by atoms with E-state index in [-0.39, 0.29) is 23.7 Å². The Bertz CT molecular complexity index is 968. The van der Waals surface area contributed by atoms with Crippen LogP contribution in [0.3, 0.4) is 0 Å². The van der Waals surface area contributed by atoms with E-state index in [9.17, 15) is 23.3 Å². The van der Waals surface area contributed by atoms with Crippen LogP contribution in [0.15, 0.2) is 47.4 Å². The molecule has 0 aliphatic rings. The van der Waals surface area contributed by atoms with Crippen LogP contribution in [0.1, 0.15) is 30.9 Å². The minimum atomic E-state index is -3.58. The number of hydrogen-bond acceptors (Lipinski definition) is 7. The van der Waals surface area contributed by atoms with E-state index >= 15 is 0 Å². The van der Waals surface area contributed by atoms with Crippen molar-refractivity contribution in [3.05, 3.63) is 63.7 Å². The first-order valence-corrected chi connectivity index (χ1v) is 10.4. The highest BCUT2D eigenvalue weighted by molar-refractivity contribution is 7.90. The number of nitrogens with one attached hydrogen (secondary N) is 1. The predicted molar refractivity (Wildman–Crippen MR) is 105 cm³/mol. The molecule has 0 aliphatic carbocycles. The number of nitrogens with zero attached hydrogens (tertiary/aromatic N) is 1. The maximum absolute atomic E-state index is 11.9. The molecule has 9 heteroatoms. The molecule has 0 aliphatic heterocycles. The summed E-state index contributed by atoms with van der Waals surface area (Å²) in [5, 5.41) is 13.8. The van der Waals surface area contributed by atoms with Crippen LogP contribution in [0.25, 0.3) is 0 Å². The van der Waals surface area contributed by atoms with Gasteiger partial charge in [-0.05, 0) is 29.2 Å². The zero-order chi connectivity index (χ0) is 20.9. The molecule has 0 radical (unpaired) electrons. The number of rotatable bonds is 8. The summed E-state index contributed by atoms with van der Waals surface area (Å²) in [6.45, 7) is 3.97. The molecule has 28 heavy (non-hydrogen) atoms. The van der Waals surface area contributed by atoms with Crippen molar-refractivity contribution in [3.63, 3.8) is 0 Å². The van der Waals surface area contributed by atoms with E-state index < -0.39 is 26.4 Å².